The van der Waals surface area contributed by atoms with Crippen molar-refractivity contribution in [3.05, 3.63) is 108 Å². The minimum absolute atomic E-state index is 0.168. The molecule has 0 radical (unpaired) electrons. The van der Waals surface area contributed by atoms with E-state index in [2.05, 4.69) is 10.6 Å². The first-order valence-corrected chi connectivity index (χ1v) is 8.91. The van der Waals surface area contributed by atoms with Crippen molar-refractivity contribution in [2.24, 2.45) is 0 Å². The second-order valence-electron chi connectivity index (χ2n) is 6.32. The number of benzene rings is 3. The molecule has 0 bridgehead atoms. The molecular formula is C23H22N2O2. The third kappa shape index (κ3) is 4.82. The summed E-state index contributed by atoms with van der Waals surface area (Å²) in [5, 5.41) is 5.85. The van der Waals surface area contributed by atoms with E-state index in [-0.39, 0.29) is 17.9 Å². The lowest BCUT2D eigenvalue weighted by Gasteiger charge is -2.22. The molecular weight excluding hydrogens is 336 g/mol. The molecule has 2 amide bonds. The number of hydrogen-bond acceptors (Lipinski definition) is 2. The van der Waals surface area contributed by atoms with E-state index in [0.717, 1.165) is 11.1 Å². The minimum Gasteiger partial charge on any atom is -0.347 e. The maximum Gasteiger partial charge on any atom is 0.252 e. The van der Waals surface area contributed by atoms with Crippen molar-refractivity contribution in [1.29, 1.82) is 0 Å². The van der Waals surface area contributed by atoms with Crippen molar-refractivity contribution in [2.45, 2.75) is 19.0 Å². The SMILES string of the molecule is CC(NC(=O)C(NC(=O)c1ccccc1)c1ccccc1)c1ccccc1. The molecule has 0 heterocycles. The number of carbonyl (C=O) groups is 2. The van der Waals surface area contributed by atoms with Gasteiger partial charge in [0.05, 0.1) is 6.04 Å². The molecule has 0 saturated carbocycles. The average molecular weight is 358 g/mol. The molecule has 3 rings (SSSR count). The van der Waals surface area contributed by atoms with Gasteiger partial charge in [0.15, 0.2) is 0 Å². The van der Waals surface area contributed by atoms with Gasteiger partial charge in [-0.15, -0.1) is 0 Å². The summed E-state index contributed by atoms with van der Waals surface area (Å²) in [5.74, 6) is -0.534. The van der Waals surface area contributed by atoms with E-state index in [4.69, 9.17) is 0 Å². The largest absolute Gasteiger partial charge is 0.347 e. The summed E-state index contributed by atoms with van der Waals surface area (Å²) in [5.41, 5.74) is 2.26. The van der Waals surface area contributed by atoms with E-state index in [1.54, 1.807) is 24.3 Å². The van der Waals surface area contributed by atoms with Gasteiger partial charge in [-0.3, -0.25) is 9.59 Å². The monoisotopic (exact) mass is 358 g/mol. The van der Waals surface area contributed by atoms with Crippen LogP contribution < -0.4 is 10.6 Å². The molecule has 0 aliphatic heterocycles. The predicted molar refractivity (Wildman–Crippen MR) is 106 cm³/mol. The van der Waals surface area contributed by atoms with Gasteiger partial charge in [0, 0.05) is 5.56 Å². The van der Waals surface area contributed by atoms with Crippen LogP contribution in [0.1, 0.15) is 40.5 Å². The van der Waals surface area contributed by atoms with Gasteiger partial charge < -0.3 is 10.6 Å². The molecule has 4 heteroatoms. The number of hydrogen-bond donors (Lipinski definition) is 2. The first-order valence-electron chi connectivity index (χ1n) is 8.91. The second kappa shape index (κ2) is 8.81. The third-order valence-corrected chi connectivity index (χ3v) is 4.36. The normalized spacial score (nSPS) is 12.6. The van der Waals surface area contributed by atoms with Gasteiger partial charge in [0.1, 0.15) is 6.04 Å². The van der Waals surface area contributed by atoms with Crippen LogP contribution in [0.3, 0.4) is 0 Å². The minimum atomic E-state index is -0.773. The van der Waals surface area contributed by atoms with Gasteiger partial charge in [0.2, 0.25) is 5.91 Å². The summed E-state index contributed by atoms with van der Waals surface area (Å²) in [6, 6.07) is 26.9. The molecule has 0 aromatic heterocycles. The Hall–Kier alpha value is -3.40. The van der Waals surface area contributed by atoms with Crippen molar-refractivity contribution in [2.75, 3.05) is 0 Å². The third-order valence-electron chi connectivity index (χ3n) is 4.36. The van der Waals surface area contributed by atoms with Crippen LogP contribution in [0.5, 0.6) is 0 Å². The fourth-order valence-electron chi connectivity index (χ4n) is 2.87. The van der Waals surface area contributed by atoms with E-state index >= 15 is 0 Å². The Morgan fingerprint density at radius 3 is 1.70 bits per heavy atom. The number of nitrogens with one attached hydrogen (secondary N) is 2. The highest BCUT2D eigenvalue weighted by Crippen LogP contribution is 2.17. The summed E-state index contributed by atoms with van der Waals surface area (Å²) in [7, 11) is 0. The van der Waals surface area contributed by atoms with Gasteiger partial charge in [-0.2, -0.15) is 0 Å². The van der Waals surface area contributed by atoms with Crippen molar-refractivity contribution in [3.63, 3.8) is 0 Å². The Balaban J connectivity index is 1.79. The summed E-state index contributed by atoms with van der Waals surface area (Å²) in [6.45, 7) is 1.92. The van der Waals surface area contributed by atoms with Gasteiger partial charge in [0.25, 0.3) is 5.91 Å². The Kier molecular flexibility index (Phi) is 6.00. The lowest BCUT2D eigenvalue weighted by atomic mass is 10.0. The first-order chi connectivity index (χ1) is 13.1. The molecule has 0 saturated heterocycles. The lowest BCUT2D eigenvalue weighted by molar-refractivity contribution is -0.123. The fraction of sp³-hybridized carbons (Fsp3) is 0.130. The molecule has 0 aliphatic carbocycles. The lowest BCUT2D eigenvalue weighted by Crippen LogP contribution is -2.41. The van der Waals surface area contributed by atoms with Gasteiger partial charge in [-0.1, -0.05) is 78.9 Å². The summed E-state index contributed by atoms with van der Waals surface area (Å²) in [6.07, 6.45) is 0. The van der Waals surface area contributed by atoms with Crippen LogP contribution in [-0.4, -0.2) is 11.8 Å². The van der Waals surface area contributed by atoms with Crippen molar-refractivity contribution in [3.8, 4) is 0 Å². The van der Waals surface area contributed by atoms with Crippen molar-refractivity contribution in [1.82, 2.24) is 10.6 Å². The zero-order valence-corrected chi connectivity index (χ0v) is 15.1. The molecule has 3 aromatic rings. The Labute approximate surface area is 159 Å². The van der Waals surface area contributed by atoms with Crippen LogP contribution in [0.4, 0.5) is 0 Å². The van der Waals surface area contributed by atoms with Crippen LogP contribution in [0.25, 0.3) is 0 Å². The molecule has 2 N–H and O–H groups in total. The Morgan fingerprint density at radius 2 is 1.15 bits per heavy atom. The quantitative estimate of drug-likeness (QED) is 0.699. The summed E-state index contributed by atoms with van der Waals surface area (Å²) in [4.78, 5) is 25.6. The smallest absolute Gasteiger partial charge is 0.252 e. The zero-order chi connectivity index (χ0) is 19.1. The van der Waals surface area contributed by atoms with Crippen LogP contribution in [0.2, 0.25) is 0 Å². The zero-order valence-electron chi connectivity index (χ0n) is 15.1. The molecule has 2 atom stereocenters. The second-order valence-corrected chi connectivity index (χ2v) is 6.32. The first kappa shape index (κ1) is 18.4. The highest BCUT2D eigenvalue weighted by Gasteiger charge is 2.24. The van der Waals surface area contributed by atoms with E-state index < -0.39 is 6.04 Å². The van der Waals surface area contributed by atoms with Gasteiger partial charge in [-0.25, -0.2) is 0 Å². The molecule has 0 aliphatic rings. The Bertz CT molecular complexity index is 880. The van der Waals surface area contributed by atoms with Crippen LogP contribution in [0.15, 0.2) is 91.0 Å². The Morgan fingerprint density at radius 1 is 0.667 bits per heavy atom. The topological polar surface area (TPSA) is 58.2 Å². The fourth-order valence-corrected chi connectivity index (χ4v) is 2.87. The molecule has 2 unspecified atom stereocenters. The standard InChI is InChI=1S/C23H22N2O2/c1-17(18-11-5-2-6-12-18)24-23(27)21(19-13-7-3-8-14-19)25-22(26)20-15-9-4-10-16-20/h2-17,21H,1H3,(H,24,27)(H,25,26). The predicted octanol–water partition coefficient (Wildman–Crippen LogP) is 4.04. The average Bonchev–Trinajstić information content (AvgIpc) is 2.73. The number of carbonyl (C=O) groups excluding carboxylic acids is 2. The van der Waals surface area contributed by atoms with Gasteiger partial charge in [-0.05, 0) is 30.2 Å². The van der Waals surface area contributed by atoms with E-state index in [1.807, 2.05) is 73.7 Å². The number of rotatable bonds is 6. The molecule has 0 spiro atoms. The summed E-state index contributed by atoms with van der Waals surface area (Å²) >= 11 is 0. The molecule has 4 nitrogen and oxygen atoms in total. The van der Waals surface area contributed by atoms with Crippen molar-refractivity contribution >= 4 is 11.8 Å². The number of amides is 2. The van der Waals surface area contributed by atoms with Crippen LogP contribution in [-0.2, 0) is 4.79 Å². The molecule has 136 valence electrons. The highest BCUT2D eigenvalue weighted by molar-refractivity contribution is 5.97. The van der Waals surface area contributed by atoms with E-state index in [9.17, 15) is 9.59 Å². The summed E-state index contributed by atoms with van der Waals surface area (Å²) < 4.78 is 0. The maximum atomic E-state index is 13.0. The van der Waals surface area contributed by atoms with Gasteiger partial charge >= 0.3 is 0 Å². The molecule has 3 aromatic carbocycles. The van der Waals surface area contributed by atoms with Crippen LogP contribution in [0, 0.1) is 0 Å². The maximum absolute atomic E-state index is 13.0. The highest BCUT2D eigenvalue weighted by atomic mass is 16.2. The molecule has 27 heavy (non-hydrogen) atoms. The van der Waals surface area contributed by atoms with E-state index in [1.165, 1.54) is 0 Å². The van der Waals surface area contributed by atoms with Crippen molar-refractivity contribution < 1.29 is 9.59 Å². The molecule has 0 fully saturated rings. The van der Waals surface area contributed by atoms with E-state index in [0.29, 0.717) is 5.56 Å². The van der Waals surface area contributed by atoms with Crippen LogP contribution >= 0.6 is 0 Å².